The lowest BCUT2D eigenvalue weighted by molar-refractivity contribution is -0.120. The zero-order valence-electron chi connectivity index (χ0n) is 25.6. The van der Waals surface area contributed by atoms with Crippen molar-refractivity contribution in [2.75, 3.05) is 60.5 Å². The van der Waals surface area contributed by atoms with Gasteiger partial charge in [-0.3, -0.25) is 25.0 Å². The Balaban J connectivity index is 1.01. The van der Waals surface area contributed by atoms with Crippen molar-refractivity contribution in [3.8, 4) is 11.3 Å². The number of imide groups is 1. The molecule has 7 rings (SSSR count). The van der Waals surface area contributed by atoms with E-state index < -0.39 is 6.03 Å². The highest BCUT2D eigenvalue weighted by Crippen LogP contribution is 2.38. The van der Waals surface area contributed by atoms with Crippen LogP contribution in [0.25, 0.3) is 22.4 Å². The molecule has 0 spiro atoms. The van der Waals surface area contributed by atoms with E-state index in [0.29, 0.717) is 34.0 Å². The molecule has 3 aliphatic rings. The molecular formula is C32H36ClFN10O2. The van der Waals surface area contributed by atoms with E-state index >= 15 is 4.39 Å². The number of fused-ring (bicyclic) bond motifs is 1. The molecule has 3 amide bonds. The zero-order valence-corrected chi connectivity index (χ0v) is 26.4. The first kappa shape index (κ1) is 30.3. The number of amides is 3. The number of nitrogens with two attached hydrogens (primary N) is 1. The molecule has 240 valence electrons. The number of aromatic amines is 1. The van der Waals surface area contributed by atoms with Crippen LogP contribution in [0.15, 0.2) is 42.6 Å². The Hall–Kier alpha value is -4.33. The van der Waals surface area contributed by atoms with E-state index in [4.69, 9.17) is 27.3 Å². The highest BCUT2D eigenvalue weighted by Gasteiger charge is 2.28. The van der Waals surface area contributed by atoms with Gasteiger partial charge in [0.2, 0.25) is 11.6 Å². The Bertz CT molecular complexity index is 1790. The summed E-state index contributed by atoms with van der Waals surface area (Å²) in [7, 11) is 0. The molecular weight excluding hydrogens is 611 g/mol. The number of halogens is 2. The molecule has 0 bridgehead atoms. The minimum Gasteiger partial charge on any atom is -0.368 e. The molecule has 46 heavy (non-hydrogen) atoms. The average molecular weight is 647 g/mol. The average Bonchev–Trinajstić information content (AvgIpc) is 3.46. The lowest BCUT2D eigenvalue weighted by Gasteiger charge is -2.37. The first-order valence-electron chi connectivity index (χ1n) is 15.6. The van der Waals surface area contributed by atoms with Crippen LogP contribution in [0.5, 0.6) is 0 Å². The summed E-state index contributed by atoms with van der Waals surface area (Å²) in [4.78, 5) is 41.1. The number of nitrogens with one attached hydrogen (secondary N) is 2. The van der Waals surface area contributed by atoms with Crippen LogP contribution in [0.4, 0.5) is 26.4 Å². The molecule has 0 saturated carbocycles. The maximum atomic E-state index is 15.1. The Morgan fingerprint density at radius 1 is 1.02 bits per heavy atom. The summed E-state index contributed by atoms with van der Waals surface area (Å²) >= 11 is 7.03. The molecule has 2 aromatic heterocycles. The normalized spacial score (nSPS) is 19.2. The largest absolute Gasteiger partial charge is 0.368 e. The summed E-state index contributed by atoms with van der Waals surface area (Å²) in [6, 6.07) is 10.2. The fourth-order valence-electron chi connectivity index (χ4n) is 6.36. The maximum Gasteiger partial charge on any atom is 0.328 e. The Labute approximate surface area is 270 Å². The second-order valence-electron chi connectivity index (χ2n) is 12.6. The number of benzene rings is 2. The number of anilines is 3. The van der Waals surface area contributed by atoms with Crippen LogP contribution in [0.3, 0.4) is 0 Å². The SMILES string of the molecule is CC1(N)CCN(c2cnc3c(-c4cccc(N5CCN(Cc6ccc(N7CCC(=O)NC7=O)cc6F)CC5)c4Cl)[nH]nc3n2)CC1. The second-order valence-corrected chi connectivity index (χ2v) is 13.0. The lowest BCUT2D eigenvalue weighted by atomic mass is 9.91. The van der Waals surface area contributed by atoms with E-state index in [-0.39, 0.29) is 30.2 Å². The molecule has 0 radical (unpaired) electrons. The van der Waals surface area contributed by atoms with E-state index in [1.54, 1.807) is 18.3 Å². The van der Waals surface area contributed by atoms with Crippen molar-refractivity contribution in [1.82, 2.24) is 30.4 Å². The summed E-state index contributed by atoms with van der Waals surface area (Å²) < 4.78 is 15.1. The molecule has 4 aromatic rings. The number of H-pyrrole nitrogens is 1. The topological polar surface area (TPSA) is 140 Å². The van der Waals surface area contributed by atoms with Crippen molar-refractivity contribution in [3.05, 3.63) is 59.0 Å². The number of carbonyl (C=O) groups excluding carboxylic acids is 2. The minimum absolute atomic E-state index is 0.147. The van der Waals surface area contributed by atoms with Gasteiger partial charge in [0, 0.05) is 81.1 Å². The number of piperidine rings is 1. The fraction of sp³-hybridized carbons (Fsp3) is 0.406. The number of hydrogen-bond donors (Lipinski definition) is 3. The molecule has 2 aromatic carbocycles. The zero-order chi connectivity index (χ0) is 32.0. The number of carbonyl (C=O) groups is 2. The molecule has 12 nitrogen and oxygen atoms in total. The summed E-state index contributed by atoms with van der Waals surface area (Å²) in [5.41, 5.74) is 10.8. The maximum absolute atomic E-state index is 15.1. The van der Waals surface area contributed by atoms with Crippen molar-refractivity contribution < 1.29 is 14.0 Å². The van der Waals surface area contributed by atoms with Crippen LogP contribution in [-0.2, 0) is 11.3 Å². The predicted octanol–water partition coefficient (Wildman–Crippen LogP) is 3.90. The van der Waals surface area contributed by atoms with E-state index in [0.717, 1.165) is 74.9 Å². The second kappa shape index (κ2) is 12.1. The Morgan fingerprint density at radius 3 is 2.54 bits per heavy atom. The van der Waals surface area contributed by atoms with Crippen molar-refractivity contribution in [2.45, 2.75) is 38.3 Å². The highest BCUT2D eigenvalue weighted by molar-refractivity contribution is 6.36. The molecule has 0 atom stereocenters. The first-order chi connectivity index (χ1) is 22.1. The van der Waals surface area contributed by atoms with Gasteiger partial charge in [0.25, 0.3) is 0 Å². The van der Waals surface area contributed by atoms with Crippen LogP contribution < -0.4 is 25.8 Å². The number of nitrogens with zero attached hydrogens (tertiary/aromatic N) is 7. The molecule has 3 fully saturated rings. The van der Waals surface area contributed by atoms with Crippen LogP contribution in [-0.4, -0.2) is 88.4 Å². The van der Waals surface area contributed by atoms with E-state index in [9.17, 15) is 9.59 Å². The van der Waals surface area contributed by atoms with E-state index in [1.165, 1.54) is 11.0 Å². The number of aromatic nitrogens is 4. The van der Waals surface area contributed by atoms with Crippen molar-refractivity contribution in [3.63, 3.8) is 0 Å². The molecule has 3 saturated heterocycles. The van der Waals surface area contributed by atoms with Gasteiger partial charge in [0.05, 0.1) is 22.6 Å². The number of rotatable bonds is 6. The van der Waals surface area contributed by atoms with E-state index in [1.807, 2.05) is 18.2 Å². The van der Waals surface area contributed by atoms with Gasteiger partial charge in [-0.25, -0.2) is 19.2 Å². The monoisotopic (exact) mass is 646 g/mol. The van der Waals surface area contributed by atoms with Crippen LogP contribution in [0, 0.1) is 5.82 Å². The fourth-order valence-corrected chi connectivity index (χ4v) is 6.70. The smallest absolute Gasteiger partial charge is 0.328 e. The van der Waals surface area contributed by atoms with Gasteiger partial charge in [0.1, 0.15) is 17.2 Å². The van der Waals surface area contributed by atoms with Gasteiger partial charge in [-0.05, 0) is 38.0 Å². The Kier molecular flexibility index (Phi) is 7.99. The molecule has 3 aliphatic heterocycles. The van der Waals surface area contributed by atoms with E-state index in [2.05, 4.69) is 37.1 Å². The third-order valence-electron chi connectivity index (χ3n) is 9.24. The summed E-state index contributed by atoms with van der Waals surface area (Å²) in [5, 5.41) is 10.5. The van der Waals surface area contributed by atoms with Gasteiger partial charge in [-0.1, -0.05) is 29.8 Å². The van der Waals surface area contributed by atoms with Crippen molar-refractivity contribution in [1.29, 1.82) is 0 Å². The summed E-state index contributed by atoms with van der Waals surface area (Å²) in [6.45, 7) is 7.30. The summed E-state index contributed by atoms with van der Waals surface area (Å²) in [5.74, 6) is 0.0935. The number of urea groups is 1. The minimum atomic E-state index is -0.529. The van der Waals surface area contributed by atoms with Crippen LogP contribution in [0.2, 0.25) is 5.02 Å². The molecule has 14 heteroatoms. The third kappa shape index (κ3) is 5.97. The van der Waals surface area contributed by atoms with Gasteiger partial charge < -0.3 is 15.5 Å². The van der Waals surface area contributed by atoms with Gasteiger partial charge in [-0.2, -0.15) is 5.10 Å². The van der Waals surface area contributed by atoms with Gasteiger partial charge in [-0.15, -0.1) is 0 Å². The van der Waals surface area contributed by atoms with Crippen molar-refractivity contribution in [2.24, 2.45) is 5.73 Å². The van der Waals surface area contributed by atoms with Gasteiger partial charge >= 0.3 is 6.03 Å². The standard InChI is InChI=1S/C32H36ClFN10O2/c1-32(35)8-11-43(12-9-32)25-18-36-29-28(39-40-30(29)37-25)22-3-2-4-24(27(22)33)42-15-13-41(14-16-42)19-20-5-6-21(17-23(20)34)44-10-7-26(45)38-31(44)46/h2-6,17-18H,7-16,19,35H2,1H3,(H,37,39,40)(H,38,45,46). The van der Waals surface area contributed by atoms with Crippen molar-refractivity contribution >= 4 is 51.9 Å². The molecule has 5 heterocycles. The van der Waals surface area contributed by atoms with Crippen LogP contribution in [0.1, 0.15) is 31.7 Å². The molecule has 0 aliphatic carbocycles. The molecule has 0 unspecified atom stereocenters. The quantitative estimate of drug-likeness (QED) is 0.285. The van der Waals surface area contributed by atoms with Gasteiger partial charge in [0.15, 0.2) is 0 Å². The predicted molar refractivity (Wildman–Crippen MR) is 176 cm³/mol. The lowest BCUT2D eigenvalue weighted by Crippen LogP contribution is -2.49. The third-order valence-corrected chi connectivity index (χ3v) is 9.64. The first-order valence-corrected chi connectivity index (χ1v) is 15.9. The number of piperazine rings is 1. The van der Waals surface area contributed by atoms with Crippen LogP contribution >= 0.6 is 11.6 Å². The summed E-state index contributed by atoms with van der Waals surface area (Å²) in [6.07, 6.45) is 3.77. The number of hydrogen-bond acceptors (Lipinski definition) is 9. The molecule has 4 N–H and O–H groups in total. The Morgan fingerprint density at radius 2 is 1.80 bits per heavy atom. The highest BCUT2D eigenvalue weighted by atomic mass is 35.5.